The van der Waals surface area contributed by atoms with Crippen LogP contribution in [0.1, 0.15) is 17.7 Å². The van der Waals surface area contributed by atoms with E-state index in [0.29, 0.717) is 6.20 Å². The second kappa shape index (κ2) is 4.22. The first-order valence-corrected chi connectivity index (χ1v) is 3.69. The highest BCUT2D eigenvalue weighted by Crippen LogP contribution is 2.27. The van der Waals surface area contributed by atoms with Crippen molar-refractivity contribution in [1.82, 2.24) is 4.98 Å². The number of nitro groups is 1. The Hall–Kier alpha value is -1.70. The predicted molar refractivity (Wildman–Crippen MR) is 41.7 cm³/mol. The van der Waals surface area contributed by atoms with E-state index in [1.165, 1.54) is 0 Å². The Balaban J connectivity index is 3.39. The fourth-order valence-corrected chi connectivity index (χ4v) is 0.992. The molecule has 1 heterocycles. The highest BCUT2D eigenvalue weighted by molar-refractivity contribution is 5.39. The summed E-state index contributed by atoms with van der Waals surface area (Å²) in [5, 5.41) is 19.0. The molecule has 0 radical (unpaired) electrons. The highest BCUT2D eigenvalue weighted by atomic mass is 19.3. The first-order valence-electron chi connectivity index (χ1n) is 3.69. The van der Waals surface area contributed by atoms with Gasteiger partial charge in [0.25, 0.3) is 12.1 Å². The van der Waals surface area contributed by atoms with Gasteiger partial charge in [-0.1, -0.05) is 0 Å². The summed E-state index contributed by atoms with van der Waals surface area (Å²) in [5.74, 6) is -1.54. The second-order valence-corrected chi connectivity index (χ2v) is 2.54. The molecule has 0 amide bonds. The van der Waals surface area contributed by atoms with E-state index in [2.05, 4.69) is 4.98 Å². The van der Waals surface area contributed by atoms with Crippen LogP contribution in [0, 0.1) is 15.9 Å². The van der Waals surface area contributed by atoms with E-state index in [-0.39, 0.29) is 0 Å². The minimum Gasteiger partial charge on any atom is -0.391 e. The van der Waals surface area contributed by atoms with Gasteiger partial charge in [-0.15, -0.1) is 0 Å². The fraction of sp³-hybridized carbons (Fsp3) is 0.286. The minimum absolute atomic E-state index is 0.496. The second-order valence-electron chi connectivity index (χ2n) is 2.54. The van der Waals surface area contributed by atoms with E-state index in [0.717, 1.165) is 0 Å². The lowest BCUT2D eigenvalue weighted by Gasteiger charge is -2.05. The summed E-state index contributed by atoms with van der Waals surface area (Å²) in [6.45, 7) is -1.04. The van der Waals surface area contributed by atoms with Crippen LogP contribution in [-0.4, -0.2) is 15.0 Å². The summed E-state index contributed by atoms with van der Waals surface area (Å²) in [6.07, 6.45) is -2.69. The molecule has 0 bridgehead atoms. The van der Waals surface area contributed by atoms with Gasteiger partial charge in [-0.25, -0.2) is 18.2 Å². The van der Waals surface area contributed by atoms with Crippen LogP contribution in [0.25, 0.3) is 0 Å². The lowest BCUT2D eigenvalue weighted by atomic mass is 10.2. The van der Waals surface area contributed by atoms with Gasteiger partial charge in [0.05, 0.1) is 17.1 Å². The molecule has 1 aromatic heterocycles. The summed E-state index contributed by atoms with van der Waals surface area (Å²) >= 11 is 0. The molecular formula is C7H5F3N2O3. The largest absolute Gasteiger partial charge is 0.391 e. The Bertz CT molecular complexity index is 397. The Labute approximate surface area is 81.3 Å². The normalized spacial score (nSPS) is 10.7. The van der Waals surface area contributed by atoms with Crippen molar-refractivity contribution < 1.29 is 23.2 Å². The number of rotatable bonds is 3. The molecule has 15 heavy (non-hydrogen) atoms. The van der Waals surface area contributed by atoms with E-state index in [1.807, 2.05) is 0 Å². The minimum atomic E-state index is -3.18. The molecule has 1 rings (SSSR count). The molecule has 0 aromatic carbocycles. The first-order chi connectivity index (χ1) is 6.99. The average molecular weight is 222 g/mol. The molecule has 0 aliphatic carbocycles. The van der Waals surface area contributed by atoms with Crippen LogP contribution in [0.2, 0.25) is 0 Å². The number of pyridine rings is 1. The van der Waals surface area contributed by atoms with Gasteiger partial charge in [-0.05, 0) is 0 Å². The van der Waals surface area contributed by atoms with Crippen LogP contribution in [0.15, 0.2) is 6.20 Å². The van der Waals surface area contributed by atoms with Gasteiger partial charge in [0, 0.05) is 0 Å². The summed E-state index contributed by atoms with van der Waals surface area (Å²) in [4.78, 5) is 12.2. The quantitative estimate of drug-likeness (QED) is 0.621. The lowest BCUT2D eigenvalue weighted by molar-refractivity contribution is -0.386. The monoisotopic (exact) mass is 222 g/mol. The van der Waals surface area contributed by atoms with Crippen LogP contribution in [0.4, 0.5) is 18.9 Å². The van der Waals surface area contributed by atoms with Gasteiger partial charge in [0.2, 0.25) is 0 Å². The van der Waals surface area contributed by atoms with Crippen molar-refractivity contribution in [2.24, 2.45) is 0 Å². The molecule has 0 aliphatic heterocycles. The predicted octanol–water partition coefficient (Wildman–Crippen LogP) is 1.56. The number of aliphatic hydroxyl groups excluding tert-OH is 1. The third-order valence-electron chi connectivity index (χ3n) is 1.69. The molecule has 0 atom stereocenters. The highest BCUT2D eigenvalue weighted by Gasteiger charge is 2.25. The summed E-state index contributed by atoms with van der Waals surface area (Å²) < 4.78 is 37.4. The smallest absolute Gasteiger partial charge is 0.296 e. The Morgan fingerprint density at radius 3 is 2.60 bits per heavy atom. The van der Waals surface area contributed by atoms with Crippen molar-refractivity contribution in [1.29, 1.82) is 0 Å². The maximum Gasteiger partial charge on any atom is 0.296 e. The Morgan fingerprint density at radius 2 is 2.20 bits per heavy atom. The van der Waals surface area contributed by atoms with E-state index in [4.69, 9.17) is 5.11 Å². The molecule has 8 heteroatoms. The van der Waals surface area contributed by atoms with Crippen LogP contribution in [0.5, 0.6) is 0 Å². The third-order valence-corrected chi connectivity index (χ3v) is 1.69. The topological polar surface area (TPSA) is 76.3 Å². The van der Waals surface area contributed by atoms with E-state index >= 15 is 0 Å². The number of alkyl halides is 2. The number of aliphatic hydroxyl groups is 1. The van der Waals surface area contributed by atoms with Gasteiger partial charge in [0.15, 0.2) is 5.82 Å². The molecule has 1 N–H and O–H groups in total. The van der Waals surface area contributed by atoms with Crippen LogP contribution < -0.4 is 0 Å². The molecule has 0 saturated heterocycles. The van der Waals surface area contributed by atoms with Crippen LogP contribution in [0.3, 0.4) is 0 Å². The molecule has 1 aromatic rings. The number of aromatic nitrogens is 1. The Morgan fingerprint density at radius 1 is 1.60 bits per heavy atom. The summed E-state index contributed by atoms with van der Waals surface area (Å²) in [5.41, 5.74) is -2.81. The fourth-order valence-electron chi connectivity index (χ4n) is 0.992. The summed E-state index contributed by atoms with van der Waals surface area (Å²) in [6, 6.07) is 0. The van der Waals surface area contributed by atoms with E-state index < -0.39 is 40.7 Å². The maximum absolute atomic E-state index is 13.1. The van der Waals surface area contributed by atoms with Gasteiger partial charge >= 0.3 is 0 Å². The van der Waals surface area contributed by atoms with Crippen molar-refractivity contribution in [3.05, 3.63) is 33.4 Å². The molecule has 82 valence electrons. The average Bonchev–Trinajstić information content (AvgIpc) is 2.16. The molecule has 0 spiro atoms. The number of nitrogens with zero attached hydrogens (tertiary/aromatic N) is 2. The standard InChI is InChI=1S/C7H5F3N2O3/c8-5-3(2-13)4(12(14)15)1-11-6(5)7(9)10/h1,7,13H,2H2. The molecule has 0 unspecified atom stereocenters. The van der Waals surface area contributed by atoms with Gasteiger partial charge in [0.1, 0.15) is 11.9 Å². The zero-order valence-electron chi connectivity index (χ0n) is 7.15. The van der Waals surface area contributed by atoms with Crippen molar-refractivity contribution in [3.63, 3.8) is 0 Å². The number of hydrogen-bond donors (Lipinski definition) is 1. The van der Waals surface area contributed by atoms with Gasteiger partial charge in [-0.2, -0.15) is 0 Å². The molecule has 0 fully saturated rings. The van der Waals surface area contributed by atoms with Gasteiger partial charge < -0.3 is 5.11 Å². The zero-order chi connectivity index (χ0) is 11.6. The Kier molecular flexibility index (Phi) is 3.20. The molecule has 0 aliphatic rings. The first kappa shape index (κ1) is 11.4. The SMILES string of the molecule is O=[N+]([O-])c1cnc(C(F)F)c(F)c1CO. The van der Waals surface area contributed by atoms with Gasteiger partial charge in [-0.3, -0.25) is 10.1 Å². The van der Waals surface area contributed by atoms with Crippen molar-refractivity contribution in [2.45, 2.75) is 13.0 Å². The van der Waals surface area contributed by atoms with Crippen LogP contribution in [-0.2, 0) is 6.61 Å². The lowest BCUT2D eigenvalue weighted by Crippen LogP contribution is -2.05. The zero-order valence-corrected chi connectivity index (χ0v) is 7.15. The van der Waals surface area contributed by atoms with Crippen LogP contribution >= 0.6 is 0 Å². The van der Waals surface area contributed by atoms with Crippen molar-refractivity contribution in [3.8, 4) is 0 Å². The number of halogens is 3. The maximum atomic E-state index is 13.1. The number of hydrogen-bond acceptors (Lipinski definition) is 4. The van der Waals surface area contributed by atoms with E-state index in [9.17, 15) is 23.3 Å². The molecule has 5 nitrogen and oxygen atoms in total. The molecule has 0 saturated carbocycles. The summed E-state index contributed by atoms with van der Waals surface area (Å²) in [7, 11) is 0. The van der Waals surface area contributed by atoms with Crippen molar-refractivity contribution >= 4 is 5.69 Å². The van der Waals surface area contributed by atoms with Crippen molar-refractivity contribution in [2.75, 3.05) is 0 Å². The van der Waals surface area contributed by atoms with E-state index in [1.54, 1.807) is 0 Å². The third kappa shape index (κ3) is 2.04. The molecular weight excluding hydrogens is 217 g/mol.